The van der Waals surface area contributed by atoms with Crippen LogP contribution in [0.2, 0.25) is 0 Å². The van der Waals surface area contributed by atoms with Crippen LogP contribution < -0.4 is 5.32 Å². The van der Waals surface area contributed by atoms with Crippen molar-refractivity contribution in [3.05, 3.63) is 35.4 Å². The molecule has 1 aromatic carbocycles. The Hall–Kier alpha value is -1.41. The molecule has 2 N–H and O–H groups in total. The van der Waals surface area contributed by atoms with Crippen LogP contribution in [0.3, 0.4) is 0 Å². The number of nitriles is 1. The van der Waals surface area contributed by atoms with E-state index in [1.54, 1.807) is 12.1 Å². The second-order valence-electron chi connectivity index (χ2n) is 4.91. The topological polar surface area (TPSA) is 59.3 Å². The van der Waals surface area contributed by atoms with Gasteiger partial charge in [0.2, 0.25) is 0 Å². The van der Waals surface area contributed by atoms with Crippen LogP contribution in [-0.4, -0.2) is 42.7 Å². The second-order valence-corrected chi connectivity index (χ2v) is 4.91. The Morgan fingerprint density at radius 1 is 1.50 bits per heavy atom. The standard InChI is InChI=1S/C14H19N3O/c1-17-7-6-13(10-17)16-9-14(18)12-4-2-11(8-15)3-5-12/h2-5,13-14,16,18H,6-7,9-10H2,1H3. The molecule has 0 bridgehead atoms. The zero-order valence-electron chi connectivity index (χ0n) is 10.6. The Morgan fingerprint density at radius 3 is 2.78 bits per heavy atom. The van der Waals surface area contributed by atoms with Gasteiger partial charge < -0.3 is 15.3 Å². The smallest absolute Gasteiger partial charge is 0.0991 e. The van der Waals surface area contributed by atoms with E-state index < -0.39 is 6.10 Å². The number of hydrogen-bond acceptors (Lipinski definition) is 4. The van der Waals surface area contributed by atoms with Crippen LogP contribution in [-0.2, 0) is 0 Å². The Morgan fingerprint density at radius 2 is 2.22 bits per heavy atom. The van der Waals surface area contributed by atoms with Crippen molar-refractivity contribution in [2.45, 2.75) is 18.6 Å². The van der Waals surface area contributed by atoms with Crippen LogP contribution in [0.4, 0.5) is 0 Å². The first-order chi connectivity index (χ1) is 8.69. The number of likely N-dealkylation sites (tertiary alicyclic amines) is 1. The number of rotatable bonds is 4. The first-order valence-corrected chi connectivity index (χ1v) is 6.29. The number of aliphatic hydroxyl groups excluding tert-OH is 1. The van der Waals surface area contributed by atoms with Crippen LogP contribution in [0.1, 0.15) is 23.7 Å². The summed E-state index contributed by atoms with van der Waals surface area (Å²) in [4.78, 5) is 2.28. The molecule has 0 amide bonds. The van der Waals surface area contributed by atoms with Crippen molar-refractivity contribution in [2.75, 3.05) is 26.7 Å². The number of nitrogens with one attached hydrogen (secondary N) is 1. The molecule has 0 spiro atoms. The van der Waals surface area contributed by atoms with Gasteiger partial charge in [0.15, 0.2) is 0 Å². The van der Waals surface area contributed by atoms with Crippen LogP contribution in [0.25, 0.3) is 0 Å². The lowest BCUT2D eigenvalue weighted by atomic mass is 10.1. The molecular weight excluding hydrogens is 226 g/mol. The SMILES string of the molecule is CN1CCC(NCC(O)c2ccc(C#N)cc2)C1. The van der Waals surface area contributed by atoms with E-state index in [1.165, 1.54) is 0 Å². The van der Waals surface area contributed by atoms with Gasteiger partial charge in [0, 0.05) is 19.1 Å². The minimum absolute atomic E-state index is 0.475. The highest BCUT2D eigenvalue weighted by atomic mass is 16.3. The maximum absolute atomic E-state index is 10.1. The van der Waals surface area contributed by atoms with Crippen LogP contribution in [0.15, 0.2) is 24.3 Å². The number of benzene rings is 1. The van der Waals surface area contributed by atoms with E-state index in [2.05, 4.69) is 23.3 Å². The van der Waals surface area contributed by atoms with Gasteiger partial charge in [-0.1, -0.05) is 12.1 Å². The van der Waals surface area contributed by atoms with E-state index in [-0.39, 0.29) is 0 Å². The summed E-state index contributed by atoms with van der Waals surface area (Å²) in [5.41, 5.74) is 1.48. The van der Waals surface area contributed by atoms with Gasteiger partial charge in [-0.2, -0.15) is 5.26 Å². The summed E-state index contributed by atoms with van der Waals surface area (Å²) in [5, 5.41) is 22.1. The number of likely N-dealkylation sites (N-methyl/N-ethyl adjacent to an activating group) is 1. The molecule has 1 aliphatic heterocycles. The molecule has 96 valence electrons. The maximum atomic E-state index is 10.1. The van der Waals surface area contributed by atoms with Crippen molar-refractivity contribution < 1.29 is 5.11 Å². The minimum Gasteiger partial charge on any atom is -0.387 e. The molecule has 4 heteroatoms. The van der Waals surface area contributed by atoms with Crippen LogP contribution in [0, 0.1) is 11.3 Å². The van der Waals surface area contributed by atoms with Gasteiger partial charge in [-0.25, -0.2) is 0 Å². The van der Waals surface area contributed by atoms with Gasteiger partial charge in [0.25, 0.3) is 0 Å². The van der Waals surface area contributed by atoms with Crippen molar-refractivity contribution >= 4 is 0 Å². The predicted molar refractivity (Wildman–Crippen MR) is 70.0 cm³/mol. The molecule has 1 aromatic rings. The molecule has 0 aromatic heterocycles. The molecular formula is C14H19N3O. The second kappa shape index (κ2) is 5.96. The van der Waals surface area contributed by atoms with Crippen molar-refractivity contribution in [1.29, 1.82) is 5.26 Å². The largest absolute Gasteiger partial charge is 0.387 e. The summed E-state index contributed by atoms with van der Waals surface area (Å²) in [6.07, 6.45) is 0.625. The van der Waals surface area contributed by atoms with Gasteiger partial charge in [-0.3, -0.25) is 0 Å². The van der Waals surface area contributed by atoms with Gasteiger partial charge in [0.05, 0.1) is 17.7 Å². The fourth-order valence-electron chi connectivity index (χ4n) is 2.28. The summed E-state index contributed by atoms with van der Waals surface area (Å²) in [6.45, 7) is 2.72. The number of nitrogens with zero attached hydrogens (tertiary/aromatic N) is 2. The molecule has 4 nitrogen and oxygen atoms in total. The highest BCUT2D eigenvalue weighted by molar-refractivity contribution is 5.32. The molecule has 2 atom stereocenters. The molecule has 1 fully saturated rings. The van der Waals surface area contributed by atoms with Gasteiger partial charge in [0.1, 0.15) is 0 Å². The first kappa shape index (κ1) is 13.0. The molecule has 18 heavy (non-hydrogen) atoms. The zero-order chi connectivity index (χ0) is 13.0. The fourth-order valence-corrected chi connectivity index (χ4v) is 2.28. The highest BCUT2D eigenvalue weighted by Gasteiger charge is 2.19. The molecule has 2 unspecified atom stereocenters. The molecule has 0 aliphatic carbocycles. The third kappa shape index (κ3) is 3.30. The normalized spacial score (nSPS) is 21.7. The summed E-state index contributed by atoms with van der Waals surface area (Å²) in [5.74, 6) is 0. The average molecular weight is 245 g/mol. The minimum atomic E-state index is -0.511. The lowest BCUT2D eigenvalue weighted by molar-refractivity contribution is 0.170. The summed E-state index contributed by atoms with van der Waals surface area (Å²) in [6, 6.07) is 9.65. The summed E-state index contributed by atoms with van der Waals surface area (Å²) >= 11 is 0. The Balaban J connectivity index is 1.83. The zero-order valence-corrected chi connectivity index (χ0v) is 10.6. The van der Waals surface area contributed by atoms with Crippen molar-refractivity contribution in [3.63, 3.8) is 0 Å². The van der Waals surface area contributed by atoms with Gasteiger partial charge in [-0.15, -0.1) is 0 Å². The highest BCUT2D eigenvalue weighted by Crippen LogP contribution is 2.14. The van der Waals surface area contributed by atoms with E-state index in [4.69, 9.17) is 5.26 Å². The number of hydrogen-bond donors (Lipinski definition) is 2. The van der Waals surface area contributed by atoms with Gasteiger partial charge >= 0.3 is 0 Å². The lowest BCUT2D eigenvalue weighted by Crippen LogP contribution is -2.34. The van der Waals surface area contributed by atoms with E-state index in [0.717, 1.165) is 25.1 Å². The van der Waals surface area contributed by atoms with E-state index in [1.807, 2.05) is 12.1 Å². The first-order valence-electron chi connectivity index (χ1n) is 6.29. The summed E-state index contributed by atoms with van der Waals surface area (Å²) < 4.78 is 0. The Bertz CT molecular complexity index is 424. The average Bonchev–Trinajstić information content (AvgIpc) is 2.82. The molecule has 1 heterocycles. The molecule has 2 rings (SSSR count). The maximum Gasteiger partial charge on any atom is 0.0991 e. The van der Waals surface area contributed by atoms with Gasteiger partial charge in [-0.05, 0) is 37.7 Å². The Labute approximate surface area is 108 Å². The van der Waals surface area contributed by atoms with Crippen molar-refractivity contribution in [1.82, 2.24) is 10.2 Å². The lowest BCUT2D eigenvalue weighted by Gasteiger charge is -2.16. The summed E-state index contributed by atoms with van der Waals surface area (Å²) in [7, 11) is 2.11. The third-order valence-electron chi connectivity index (χ3n) is 3.42. The van der Waals surface area contributed by atoms with Crippen LogP contribution in [0.5, 0.6) is 0 Å². The molecule has 0 radical (unpaired) electrons. The van der Waals surface area contributed by atoms with E-state index in [0.29, 0.717) is 18.2 Å². The fraction of sp³-hybridized carbons (Fsp3) is 0.500. The number of aliphatic hydroxyl groups is 1. The predicted octanol–water partition coefficient (Wildman–Crippen LogP) is 0.885. The molecule has 1 saturated heterocycles. The Kier molecular flexibility index (Phi) is 4.32. The third-order valence-corrected chi connectivity index (χ3v) is 3.42. The quantitative estimate of drug-likeness (QED) is 0.827. The van der Waals surface area contributed by atoms with Crippen molar-refractivity contribution in [3.8, 4) is 6.07 Å². The van der Waals surface area contributed by atoms with E-state index in [9.17, 15) is 5.11 Å². The van der Waals surface area contributed by atoms with Crippen molar-refractivity contribution in [2.24, 2.45) is 0 Å². The monoisotopic (exact) mass is 245 g/mol. The van der Waals surface area contributed by atoms with Crippen LogP contribution >= 0.6 is 0 Å². The van der Waals surface area contributed by atoms with E-state index >= 15 is 0 Å². The molecule has 0 saturated carbocycles. The molecule has 1 aliphatic rings.